The molecule has 0 spiro atoms. The number of rotatable bonds is 2. The first-order valence-electron chi connectivity index (χ1n) is 4.12. The van der Waals surface area contributed by atoms with Gasteiger partial charge in [-0.15, -0.1) is 0 Å². The molecule has 0 saturated heterocycles. The molecule has 3 N–H and O–H groups in total. The molecule has 0 fully saturated rings. The normalized spacial score (nSPS) is 15.7. The second kappa shape index (κ2) is 3.70. The predicted molar refractivity (Wildman–Crippen MR) is 49.8 cm³/mol. The Balaban J connectivity index is 2.94. The van der Waals surface area contributed by atoms with Crippen LogP contribution in [-0.4, -0.2) is 11.2 Å². The first kappa shape index (κ1) is 9.23. The lowest BCUT2D eigenvalue weighted by molar-refractivity contribution is 0.164. The van der Waals surface area contributed by atoms with Crippen LogP contribution < -0.4 is 5.73 Å². The molecule has 0 aliphatic heterocycles. The minimum atomic E-state index is -0.494. The third kappa shape index (κ3) is 1.84. The highest BCUT2D eigenvalue weighted by atomic mass is 16.3. The smallest absolute Gasteiger partial charge is 0.0704 e. The molecule has 1 rings (SSSR count). The van der Waals surface area contributed by atoms with Crippen molar-refractivity contribution in [3.05, 3.63) is 35.4 Å². The van der Waals surface area contributed by atoms with E-state index in [-0.39, 0.29) is 6.04 Å². The van der Waals surface area contributed by atoms with E-state index in [2.05, 4.69) is 0 Å². The maximum Gasteiger partial charge on any atom is 0.0704 e. The molecule has 0 saturated carbocycles. The van der Waals surface area contributed by atoms with Gasteiger partial charge < -0.3 is 10.8 Å². The summed E-state index contributed by atoms with van der Waals surface area (Å²) in [6, 6.07) is 7.58. The highest BCUT2D eigenvalue weighted by molar-refractivity contribution is 5.28. The van der Waals surface area contributed by atoms with Gasteiger partial charge in [0.25, 0.3) is 0 Å². The van der Waals surface area contributed by atoms with Gasteiger partial charge >= 0.3 is 0 Å². The molecule has 0 aliphatic rings. The monoisotopic (exact) mass is 165 g/mol. The van der Waals surface area contributed by atoms with E-state index in [9.17, 15) is 5.11 Å². The quantitative estimate of drug-likeness (QED) is 0.695. The van der Waals surface area contributed by atoms with Crippen molar-refractivity contribution >= 4 is 0 Å². The third-order valence-corrected chi connectivity index (χ3v) is 2.07. The Morgan fingerprint density at radius 2 is 1.92 bits per heavy atom. The first-order chi connectivity index (χ1) is 5.63. The molecule has 1 aromatic rings. The van der Waals surface area contributed by atoms with E-state index in [1.54, 1.807) is 6.92 Å². The van der Waals surface area contributed by atoms with E-state index in [4.69, 9.17) is 5.73 Å². The third-order valence-electron chi connectivity index (χ3n) is 2.07. The molecule has 1 aromatic carbocycles. The van der Waals surface area contributed by atoms with E-state index in [1.165, 1.54) is 0 Å². The fourth-order valence-corrected chi connectivity index (χ4v) is 1.22. The van der Waals surface area contributed by atoms with Crippen molar-refractivity contribution in [1.82, 2.24) is 0 Å². The number of hydrogen-bond donors (Lipinski definition) is 2. The van der Waals surface area contributed by atoms with Crippen LogP contribution in [0, 0.1) is 6.92 Å². The van der Waals surface area contributed by atoms with Crippen LogP contribution in [0.2, 0.25) is 0 Å². The van der Waals surface area contributed by atoms with E-state index in [0.717, 1.165) is 11.1 Å². The Morgan fingerprint density at radius 1 is 1.33 bits per heavy atom. The van der Waals surface area contributed by atoms with Crippen molar-refractivity contribution in [1.29, 1.82) is 0 Å². The van der Waals surface area contributed by atoms with Gasteiger partial charge in [0.1, 0.15) is 0 Å². The van der Waals surface area contributed by atoms with E-state index in [1.807, 2.05) is 31.2 Å². The number of aliphatic hydroxyl groups excluding tert-OH is 1. The van der Waals surface area contributed by atoms with Gasteiger partial charge in [0.2, 0.25) is 0 Å². The Bertz CT molecular complexity index is 258. The minimum Gasteiger partial charge on any atom is -0.391 e. The Kier molecular flexibility index (Phi) is 2.84. The molecule has 12 heavy (non-hydrogen) atoms. The summed E-state index contributed by atoms with van der Waals surface area (Å²) in [6.45, 7) is 3.70. The molecule has 2 unspecified atom stereocenters. The van der Waals surface area contributed by atoms with Crippen molar-refractivity contribution in [2.45, 2.75) is 26.0 Å². The summed E-state index contributed by atoms with van der Waals surface area (Å²) < 4.78 is 0. The molecular weight excluding hydrogens is 150 g/mol. The zero-order valence-electron chi connectivity index (χ0n) is 7.49. The van der Waals surface area contributed by atoms with E-state index >= 15 is 0 Å². The van der Waals surface area contributed by atoms with Crippen LogP contribution in [0.25, 0.3) is 0 Å². The van der Waals surface area contributed by atoms with Gasteiger partial charge in [0, 0.05) is 0 Å². The molecule has 2 nitrogen and oxygen atoms in total. The second-order valence-electron chi connectivity index (χ2n) is 3.12. The maximum atomic E-state index is 9.27. The summed E-state index contributed by atoms with van der Waals surface area (Å²) in [5.74, 6) is 0. The molecule has 0 aromatic heterocycles. The predicted octanol–water partition coefficient (Wildman–Crippen LogP) is 1.38. The van der Waals surface area contributed by atoms with Crippen LogP contribution in [0.15, 0.2) is 24.3 Å². The van der Waals surface area contributed by atoms with Gasteiger partial charge in [-0.05, 0) is 25.0 Å². The number of hydrogen-bond acceptors (Lipinski definition) is 2. The van der Waals surface area contributed by atoms with Crippen molar-refractivity contribution < 1.29 is 5.11 Å². The topological polar surface area (TPSA) is 46.2 Å². The molecule has 0 heterocycles. The molecule has 66 valence electrons. The summed E-state index contributed by atoms with van der Waals surface area (Å²) in [7, 11) is 0. The number of benzene rings is 1. The van der Waals surface area contributed by atoms with Crippen molar-refractivity contribution in [3.8, 4) is 0 Å². The largest absolute Gasteiger partial charge is 0.391 e. The molecule has 2 atom stereocenters. The van der Waals surface area contributed by atoms with Crippen LogP contribution in [-0.2, 0) is 0 Å². The summed E-state index contributed by atoms with van der Waals surface area (Å²) in [6.07, 6.45) is -0.494. The van der Waals surface area contributed by atoms with Gasteiger partial charge in [0.05, 0.1) is 12.1 Å². The number of aliphatic hydroxyl groups is 1. The fraction of sp³-hybridized carbons (Fsp3) is 0.400. The van der Waals surface area contributed by atoms with Crippen LogP contribution >= 0.6 is 0 Å². The average molecular weight is 165 g/mol. The summed E-state index contributed by atoms with van der Waals surface area (Å²) in [5, 5.41) is 9.27. The summed E-state index contributed by atoms with van der Waals surface area (Å²) in [5.41, 5.74) is 7.94. The zero-order chi connectivity index (χ0) is 9.14. The summed E-state index contributed by atoms with van der Waals surface area (Å²) >= 11 is 0. The maximum absolute atomic E-state index is 9.27. The van der Waals surface area contributed by atoms with Crippen molar-refractivity contribution in [2.24, 2.45) is 5.73 Å². The van der Waals surface area contributed by atoms with Gasteiger partial charge in [-0.1, -0.05) is 24.3 Å². The van der Waals surface area contributed by atoms with Crippen LogP contribution in [0.5, 0.6) is 0 Å². The molecule has 0 radical (unpaired) electrons. The van der Waals surface area contributed by atoms with Gasteiger partial charge in [-0.25, -0.2) is 0 Å². The van der Waals surface area contributed by atoms with E-state index in [0.29, 0.717) is 0 Å². The molecule has 2 heteroatoms. The Morgan fingerprint density at radius 3 is 2.42 bits per heavy atom. The highest BCUT2D eigenvalue weighted by Gasteiger charge is 2.12. The lowest BCUT2D eigenvalue weighted by Gasteiger charge is -2.16. The molecule has 0 bridgehead atoms. The zero-order valence-corrected chi connectivity index (χ0v) is 7.49. The standard InChI is InChI=1S/C10H15NO/c1-7-5-3-4-6-9(7)10(11)8(2)12/h3-6,8,10,12H,11H2,1-2H3. The first-order valence-corrected chi connectivity index (χ1v) is 4.12. The minimum absolute atomic E-state index is 0.272. The Labute approximate surface area is 73.0 Å². The van der Waals surface area contributed by atoms with Gasteiger partial charge in [-0.2, -0.15) is 0 Å². The molecule has 0 aliphatic carbocycles. The van der Waals surface area contributed by atoms with Gasteiger partial charge in [-0.3, -0.25) is 0 Å². The lowest BCUT2D eigenvalue weighted by Crippen LogP contribution is -2.23. The van der Waals surface area contributed by atoms with Crippen LogP contribution in [0.4, 0.5) is 0 Å². The SMILES string of the molecule is Cc1ccccc1C(N)C(C)O. The lowest BCUT2D eigenvalue weighted by atomic mass is 9.99. The van der Waals surface area contributed by atoms with Crippen LogP contribution in [0.1, 0.15) is 24.1 Å². The van der Waals surface area contributed by atoms with Gasteiger partial charge in [0.15, 0.2) is 0 Å². The van der Waals surface area contributed by atoms with Crippen molar-refractivity contribution in [3.63, 3.8) is 0 Å². The Hall–Kier alpha value is -0.860. The highest BCUT2D eigenvalue weighted by Crippen LogP contribution is 2.17. The number of aryl methyl sites for hydroxylation is 1. The summed E-state index contributed by atoms with van der Waals surface area (Å²) in [4.78, 5) is 0. The molecular formula is C10H15NO. The van der Waals surface area contributed by atoms with Crippen LogP contribution in [0.3, 0.4) is 0 Å². The van der Waals surface area contributed by atoms with E-state index < -0.39 is 6.10 Å². The molecule has 0 amide bonds. The second-order valence-corrected chi connectivity index (χ2v) is 3.12. The van der Waals surface area contributed by atoms with Crippen molar-refractivity contribution in [2.75, 3.05) is 0 Å². The number of nitrogens with two attached hydrogens (primary N) is 1. The average Bonchev–Trinajstić information content (AvgIpc) is 2.04. The fourth-order valence-electron chi connectivity index (χ4n) is 1.22.